The monoisotopic (exact) mass is 289 g/mol. The molecule has 0 saturated heterocycles. The fourth-order valence-electron chi connectivity index (χ4n) is 2.28. The number of hydrogen-bond donors (Lipinski definition) is 2. The Balaban J connectivity index is 2.08. The summed E-state index contributed by atoms with van der Waals surface area (Å²) in [5.41, 5.74) is 2.26. The summed E-state index contributed by atoms with van der Waals surface area (Å²) < 4.78 is 0. The minimum Gasteiger partial charge on any atom is -0.506 e. The molecule has 0 aliphatic rings. The second kappa shape index (κ2) is 6.67. The lowest BCUT2D eigenvalue weighted by Crippen LogP contribution is -2.17. The van der Waals surface area contributed by atoms with Crippen molar-refractivity contribution >= 4 is 17.3 Å². The smallest absolute Gasteiger partial charge is 0.134 e. The van der Waals surface area contributed by atoms with E-state index in [4.69, 9.17) is 11.6 Å². The van der Waals surface area contributed by atoms with Gasteiger partial charge in [-0.05, 0) is 29.7 Å². The Bertz CT molecular complexity index is 554. The van der Waals surface area contributed by atoms with Crippen LogP contribution >= 0.6 is 11.6 Å². The van der Waals surface area contributed by atoms with Gasteiger partial charge in [-0.15, -0.1) is 0 Å². The molecule has 2 aromatic carbocycles. The van der Waals surface area contributed by atoms with E-state index in [1.54, 1.807) is 12.1 Å². The Labute approximate surface area is 125 Å². The first-order chi connectivity index (χ1) is 9.58. The Morgan fingerprint density at radius 3 is 2.40 bits per heavy atom. The van der Waals surface area contributed by atoms with Gasteiger partial charge in [0.25, 0.3) is 0 Å². The molecule has 0 aromatic heterocycles. The number of hydrogen-bond acceptors (Lipinski definition) is 2. The van der Waals surface area contributed by atoms with E-state index in [1.165, 1.54) is 5.56 Å². The summed E-state index contributed by atoms with van der Waals surface area (Å²) in [4.78, 5) is 0. The molecule has 0 fully saturated rings. The summed E-state index contributed by atoms with van der Waals surface area (Å²) in [7, 11) is 0. The lowest BCUT2D eigenvalue weighted by Gasteiger charge is -2.22. The van der Waals surface area contributed by atoms with E-state index in [0.29, 0.717) is 16.9 Å². The molecule has 0 aliphatic carbocycles. The molecule has 0 heterocycles. The standard InChI is InChI=1S/C17H20ClNO/c1-12(2)15(13-6-4-3-5-7-13)11-19-14-8-9-17(20)16(18)10-14/h3-10,12,15,19-20H,11H2,1-2H3. The maximum atomic E-state index is 9.43. The van der Waals surface area contributed by atoms with Gasteiger partial charge in [0.05, 0.1) is 5.02 Å². The first-order valence-electron chi connectivity index (χ1n) is 6.85. The van der Waals surface area contributed by atoms with Gasteiger partial charge in [-0.3, -0.25) is 0 Å². The molecule has 0 bridgehead atoms. The first kappa shape index (κ1) is 14.7. The molecular weight excluding hydrogens is 270 g/mol. The van der Waals surface area contributed by atoms with Crippen molar-refractivity contribution in [3.63, 3.8) is 0 Å². The van der Waals surface area contributed by atoms with Crippen LogP contribution in [0.1, 0.15) is 25.3 Å². The zero-order valence-electron chi connectivity index (χ0n) is 11.8. The van der Waals surface area contributed by atoms with Crippen molar-refractivity contribution in [2.24, 2.45) is 5.92 Å². The average molecular weight is 290 g/mol. The van der Waals surface area contributed by atoms with Crippen LogP contribution in [0.25, 0.3) is 0 Å². The molecule has 2 nitrogen and oxygen atoms in total. The first-order valence-corrected chi connectivity index (χ1v) is 7.23. The molecule has 0 aliphatic heterocycles. The second-order valence-electron chi connectivity index (χ2n) is 5.31. The normalized spacial score (nSPS) is 12.4. The van der Waals surface area contributed by atoms with Gasteiger partial charge in [0.1, 0.15) is 5.75 Å². The SMILES string of the molecule is CC(C)C(CNc1ccc(O)c(Cl)c1)c1ccccc1. The van der Waals surface area contributed by atoms with E-state index < -0.39 is 0 Å². The van der Waals surface area contributed by atoms with Crippen molar-refractivity contribution in [2.45, 2.75) is 19.8 Å². The van der Waals surface area contributed by atoms with Crippen LogP contribution in [-0.2, 0) is 0 Å². The Hall–Kier alpha value is -1.67. The average Bonchev–Trinajstić information content (AvgIpc) is 2.44. The Kier molecular flexibility index (Phi) is 4.91. The summed E-state index contributed by atoms with van der Waals surface area (Å²) in [6.45, 7) is 5.29. The Morgan fingerprint density at radius 1 is 1.10 bits per heavy atom. The number of nitrogens with one attached hydrogen (secondary N) is 1. The van der Waals surface area contributed by atoms with E-state index in [-0.39, 0.29) is 5.75 Å². The minimum atomic E-state index is 0.112. The zero-order valence-corrected chi connectivity index (χ0v) is 12.6. The number of aromatic hydroxyl groups is 1. The van der Waals surface area contributed by atoms with Gasteiger partial charge in [-0.1, -0.05) is 55.8 Å². The predicted octanol–water partition coefficient (Wildman–Crippen LogP) is 4.90. The van der Waals surface area contributed by atoms with Crippen molar-refractivity contribution in [1.29, 1.82) is 0 Å². The number of phenols is 1. The van der Waals surface area contributed by atoms with Crippen LogP contribution < -0.4 is 5.32 Å². The highest BCUT2D eigenvalue weighted by Gasteiger charge is 2.15. The number of benzene rings is 2. The third kappa shape index (κ3) is 3.67. The molecule has 1 atom stereocenters. The van der Waals surface area contributed by atoms with Crippen molar-refractivity contribution in [3.8, 4) is 5.75 Å². The highest BCUT2D eigenvalue weighted by molar-refractivity contribution is 6.32. The molecule has 2 N–H and O–H groups in total. The van der Waals surface area contributed by atoms with Gasteiger partial charge in [0.15, 0.2) is 0 Å². The molecule has 1 unspecified atom stereocenters. The number of rotatable bonds is 5. The van der Waals surface area contributed by atoms with Crippen LogP contribution in [0.2, 0.25) is 5.02 Å². The fourth-order valence-corrected chi connectivity index (χ4v) is 2.46. The molecule has 0 saturated carbocycles. The highest BCUT2D eigenvalue weighted by Crippen LogP contribution is 2.28. The molecule has 20 heavy (non-hydrogen) atoms. The quantitative estimate of drug-likeness (QED) is 0.768. The van der Waals surface area contributed by atoms with Crippen molar-refractivity contribution in [2.75, 3.05) is 11.9 Å². The number of halogens is 1. The van der Waals surface area contributed by atoms with Crippen molar-refractivity contribution in [3.05, 3.63) is 59.1 Å². The van der Waals surface area contributed by atoms with E-state index in [2.05, 4.69) is 43.4 Å². The maximum Gasteiger partial charge on any atom is 0.134 e. The lowest BCUT2D eigenvalue weighted by molar-refractivity contribution is 0.475. The topological polar surface area (TPSA) is 32.3 Å². The molecule has 2 aromatic rings. The van der Waals surface area contributed by atoms with E-state index in [0.717, 1.165) is 12.2 Å². The summed E-state index contributed by atoms with van der Waals surface area (Å²) in [6.07, 6.45) is 0. The third-order valence-electron chi connectivity index (χ3n) is 3.51. The van der Waals surface area contributed by atoms with Gasteiger partial charge in [-0.25, -0.2) is 0 Å². The molecule has 106 valence electrons. The highest BCUT2D eigenvalue weighted by atomic mass is 35.5. The van der Waals surface area contributed by atoms with Crippen LogP contribution in [0.15, 0.2) is 48.5 Å². The van der Waals surface area contributed by atoms with Crippen LogP contribution in [0.5, 0.6) is 5.75 Å². The zero-order chi connectivity index (χ0) is 14.5. The molecule has 0 spiro atoms. The van der Waals surface area contributed by atoms with Gasteiger partial charge in [0.2, 0.25) is 0 Å². The van der Waals surface area contributed by atoms with Crippen LogP contribution in [0.4, 0.5) is 5.69 Å². The molecule has 0 amide bonds. The summed E-state index contributed by atoms with van der Waals surface area (Å²) in [5.74, 6) is 1.09. The largest absolute Gasteiger partial charge is 0.506 e. The second-order valence-corrected chi connectivity index (χ2v) is 5.72. The van der Waals surface area contributed by atoms with Crippen molar-refractivity contribution < 1.29 is 5.11 Å². The van der Waals surface area contributed by atoms with Gasteiger partial charge < -0.3 is 10.4 Å². The summed E-state index contributed by atoms with van der Waals surface area (Å²) in [5, 5.41) is 13.2. The maximum absolute atomic E-state index is 9.43. The van der Waals surface area contributed by atoms with Crippen LogP contribution in [-0.4, -0.2) is 11.7 Å². The fraction of sp³-hybridized carbons (Fsp3) is 0.294. The molecule has 3 heteroatoms. The van der Waals surface area contributed by atoms with Crippen molar-refractivity contribution in [1.82, 2.24) is 0 Å². The summed E-state index contributed by atoms with van der Waals surface area (Å²) >= 11 is 5.92. The van der Waals surface area contributed by atoms with Gasteiger partial charge in [0, 0.05) is 18.2 Å². The number of anilines is 1. The number of phenolic OH excluding ortho intramolecular Hbond substituents is 1. The van der Waals surface area contributed by atoms with Crippen LogP contribution in [0.3, 0.4) is 0 Å². The Morgan fingerprint density at radius 2 is 1.80 bits per heavy atom. The van der Waals surface area contributed by atoms with Crippen LogP contribution in [0, 0.1) is 5.92 Å². The van der Waals surface area contributed by atoms with E-state index >= 15 is 0 Å². The molecule has 0 radical (unpaired) electrons. The minimum absolute atomic E-state index is 0.112. The van der Waals surface area contributed by atoms with E-state index in [9.17, 15) is 5.11 Å². The molecule has 2 rings (SSSR count). The summed E-state index contributed by atoms with van der Waals surface area (Å²) in [6, 6.07) is 15.7. The van der Waals surface area contributed by atoms with Gasteiger partial charge in [-0.2, -0.15) is 0 Å². The predicted molar refractivity (Wildman–Crippen MR) is 85.6 cm³/mol. The third-order valence-corrected chi connectivity index (χ3v) is 3.81. The van der Waals surface area contributed by atoms with Gasteiger partial charge >= 0.3 is 0 Å². The lowest BCUT2D eigenvalue weighted by atomic mass is 9.88. The molecular formula is C17H20ClNO. The van der Waals surface area contributed by atoms with E-state index in [1.807, 2.05) is 12.1 Å².